The molecule has 0 fully saturated rings. The summed E-state index contributed by atoms with van der Waals surface area (Å²) in [5.41, 5.74) is 1.20. The van der Waals surface area contributed by atoms with Crippen LogP contribution in [0.3, 0.4) is 0 Å². The van der Waals surface area contributed by atoms with Gasteiger partial charge in [-0.1, -0.05) is 47.4 Å². The maximum Gasteiger partial charge on any atom is 0.261 e. The number of ether oxygens (including phenoxy) is 1. The topological polar surface area (TPSA) is 93.2 Å². The summed E-state index contributed by atoms with van der Waals surface area (Å²) in [5.74, 6) is -0.250. The van der Waals surface area contributed by atoms with Gasteiger partial charge in [-0.3, -0.25) is 14.9 Å². The van der Waals surface area contributed by atoms with Gasteiger partial charge in [-0.15, -0.1) is 10.2 Å². The predicted octanol–water partition coefficient (Wildman–Crippen LogP) is 3.35. The van der Waals surface area contributed by atoms with E-state index in [1.807, 2.05) is 0 Å². The van der Waals surface area contributed by atoms with Crippen molar-refractivity contribution in [3.8, 4) is 5.75 Å². The molecule has 7 nitrogen and oxygen atoms in total. The minimum absolute atomic E-state index is 0.149. The van der Waals surface area contributed by atoms with Crippen LogP contribution in [0.25, 0.3) is 0 Å². The average Bonchev–Trinajstić information content (AvgIpc) is 3.19. The number of rotatable bonds is 8. The van der Waals surface area contributed by atoms with Gasteiger partial charge in [0.1, 0.15) is 11.6 Å². The van der Waals surface area contributed by atoms with E-state index in [0.29, 0.717) is 27.3 Å². The number of nitrogens with zero attached hydrogens (tertiary/aromatic N) is 2. The second-order valence-electron chi connectivity index (χ2n) is 5.72. The van der Waals surface area contributed by atoms with Crippen LogP contribution in [0.4, 0.5) is 9.52 Å². The summed E-state index contributed by atoms with van der Waals surface area (Å²) in [5, 5.41) is 13.6. The van der Waals surface area contributed by atoms with E-state index in [0.717, 1.165) is 5.56 Å². The van der Waals surface area contributed by atoms with Crippen molar-refractivity contribution < 1.29 is 18.7 Å². The number of thioether (sulfide) groups is 1. The zero-order chi connectivity index (χ0) is 20.6. The summed E-state index contributed by atoms with van der Waals surface area (Å²) >= 11 is 2.39. The van der Waals surface area contributed by atoms with Crippen LogP contribution in [-0.4, -0.2) is 34.9 Å². The Morgan fingerprint density at radius 3 is 2.66 bits per heavy atom. The molecule has 0 aliphatic heterocycles. The fourth-order valence-corrected chi connectivity index (χ4v) is 3.87. The van der Waals surface area contributed by atoms with Crippen LogP contribution in [0, 0.1) is 5.82 Å². The molecule has 3 aromatic rings. The predicted molar refractivity (Wildman–Crippen MR) is 110 cm³/mol. The van der Waals surface area contributed by atoms with E-state index < -0.39 is 0 Å². The van der Waals surface area contributed by atoms with Gasteiger partial charge in [-0.2, -0.15) is 0 Å². The highest BCUT2D eigenvalue weighted by Gasteiger charge is 2.15. The molecule has 0 saturated carbocycles. The number of aromatic nitrogens is 2. The number of benzene rings is 2. The second kappa shape index (κ2) is 9.99. The van der Waals surface area contributed by atoms with Gasteiger partial charge in [-0.05, 0) is 29.8 Å². The van der Waals surface area contributed by atoms with Crippen LogP contribution in [-0.2, 0) is 11.3 Å². The molecule has 0 radical (unpaired) electrons. The van der Waals surface area contributed by atoms with Gasteiger partial charge in [-0.25, -0.2) is 4.39 Å². The molecule has 0 aliphatic carbocycles. The second-order valence-corrected chi connectivity index (χ2v) is 7.92. The Morgan fingerprint density at radius 2 is 1.90 bits per heavy atom. The molecule has 3 rings (SSSR count). The molecule has 0 aliphatic rings. The number of anilines is 1. The maximum absolute atomic E-state index is 12.9. The van der Waals surface area contributed by atoms with Crippen LogP contribution in [0.2, 0.25) is 0 Å². The largest absolute Gasteiger partial charge is 0.496 e. The van der Waals surface area contributed by atoms with Crippen molar-refractivity contribution in [3.05, 3.63) is 65.5 Å². The standard InChI is InChI=1S/C19H17FN4O3S2/c1-27-15-5-3-2-4-14(15)17(26)22-18-23-24-19(29-18)28-11-16(25)21-10-12-6-8-13(20)9-7-12/h2-9H,10-11H2,1H3,(H,21,25)(H,22,23,26). The van der Waals surface area contributed by atoms with Crippen molar-refractivity contribution in [1.82, 2.24) is 15.5 Å². The average molecular weight is 433 g/mol. The van der Waals surface area contributed by atoms with Crippen LogP contribution < -0.4 is 15.4 Å². The van der Waals surface area contributed by atoms with Crippen molar-refractivity contribution in [3.63, 3.8) is 0 Å². The van der Waals surface area contributed by atoms with Crippen molar-refractivity contribution >= 4 is 40.0 Å². The van der Waals surface area contributed by atoms with Gasteiger partial charge >= 0.3 is 0 Å². The highest BCUT2D eigenvalue weighted by atomic mass is 32.2. The van der Waals surface area contributed by atoms with E-state index in [9.17, 15) is 14.0 Å². The first kappa shape index (κ1) is 20.7. The summed E-state index contributed by atoms with van der Waals surface area (Å²) in [4.78, 5) is 24.3. The molecule has 150 valence electrons. The monoisotopic (exact) mass is 432 g/mol. The molecule has 0 spiro atoms. The summed E-state index contributed by atoms with van der Waals surface area (Å²) in [7, 11) is 1.49. The van der Waals surface area contributed by atoms with Crippen LogP contribution in [0.15, 0.2) is 52.9 Å². The van der Waals surface area contributed by atoms with Gasteiger partial charge in [0, 0.05) is 6.54 Å². The number of methoxy groups -OCH3 is 1. The highest BCUT2D eigenvalue weighted by molar-refractivity contribution is 8.01. The van der Waals surface area contributed by atoms with Crippen molar-refractivity contribution in [2.75, 3.05) is 18.2 Å². The Balaban J connectivity index is 1.48. The Morgan fingerprint density at radius 1 is 1.14 bits per heavy atom. The Kier molecular flexibility index (Phi) is 7.14. The molecule has 10 heteroatoms. The quantitative estimate of drug-likeness (QED) is 0.419. The first-order valence-electron chi connectivity index (χ1n) is 8.47. The fraction of sp³-hybridized carbons (Fsp3) is 0.158. The molecular formula is C19H17FN4O3S2. The number of amides is 2. The summed E-state index contributed by atoms with van der Waals surface area (Å²) in [6.45, 7) is 0.315. The summed E-state index contributed by atoms with van der Waals surface area (Å²) in [6.07, 6.45) is 0. The zero-order valence-corrected chi connectivity index (χ0v) is 17.0. The summed E-state index contributed by atoms with van der Waals surface area (Å²) in [6, 6.07) is 12.8. The third-order valence-corrected chi connectivity index (χ3v) is 5.68. The normalized spacial score (nSPS) is 10.4. The summed E-state index contributed by atoms with van der Waals surface area (Å²) < 4.78 is 18.6. The van der Waals surface area contributed by atoms with E-state index in [1.54, 1.807) is 36.4 Å². The van der Waals surface area contributed by atoms with Crippen LogP contribution >= 0.6 is 23.1 Å². The van der Waals surface area contributed by atoms with Gasteiger partial charge in [0.2, 0.25) is 11.0 Å². The van der Waals surface area contributed by atoms with Crippen molar-refractivity contribution in [1.29, 1.82) is 0 Å². The molecule has 0 unspecified atom stereocenters. The molecule has 1 aromatic heterocycles. The number of nitrogens with one attached hydrogen (secondary N) is 2. The van der Waals surface area contributed by atoms with Crippen molar-refractivity contribution in [2.45, 2.75) is 10.9 Å². The number of hydrogen-bond acceptors (Lipinski definition) is 7. The SMILES string of the molecule is COc1ccccc1C(=O)Nc1nnc(SCC(=O)NCc2ccc(F)cc2)s1. The molecular weight excluding hydrogens is 415 g/mol. The zero-order valence-electron chi connectivity index (χ0n) is 15.3. The van der Waals surface area contributed by atoms with Crippen molar-refractivity contribution in [2.24, 2.45) is 0 Å². The van der Waals surface area contributed by atoms with E-state index >= 15 is 0 Å². The third-order valence-electron chi connectivity index (χ3n) is 3.71. The number of carbonyl (C=O) groups excluding carboxylic acids is 2. The first-order chi connectivity index (χ1) is 14.0. The van der Waals surface area contributed by atoms with Gasteiger partial charge in [0.25, 0.3) is 5.91 Å². The lowest BCUT2D eigenvalue weighted by Gasteiger charge is -2.06. The lowest BCUT2D eigenvalue weighted by atomic mass is 10.2. The van der Waals surface area contributed by atoms with E-state index in [2.05, 4.69) is 20.8 Å². The van der Waals surface area contributed by atoms with Crippen LogP contribution in [0.1, 0.15) is 15.9 Å². The molecule has 0 saturated heterocycles. The molecule has 2 N–H and O–H groups in total. The van der Waals surface area contributed by atoms with E-state index in [4.69, 9.17) is 4.74 Å². The lowest BCUT2D eigenvalue weighted by molar-refractivity contribution is -0.118. The number of carbonyl (C=O) groups is 2. The number of hydrogen-bond donors (Lipinski definition) is 2. The molecule has 0 bridgehead atoms. The smallest absolute Gasteiger partial charge is 0.261 e. The van der Waals surface area contributed by atoms with E-state index in [-0.39, 0.29) is 23.4 Å². The molecule has 1 heterocycles. The van der Waals surface area contributed by atoms with E-state index in [1.165, 1.54) is 42.3 Å². The minimum Gasteiger partial charge on any atom is -0.496 e. The van der Waals surface area contributed by atoms with Crippen LogP contribution in [0.5, 0.6) is 5.75 Å². The first-order valence-corrected chi connectivity index (χ1v) is 10.3. The number of halogens is 1. The molecule has 2 aromatic carbocycles. The molecule has 2 amide bonds. The Labute approximate surface area is 174 Å². The van der Waals surface area contributed by atoms with Gasteiger partial charge in [0.15, 0.2) is 4.34 Å². The molecule has 29 heavy (non-hydrogen) atoms. The minimum atomic E-state index is -0.354. The van der Waals surface area contributed by atoms with Gasteiger partial charge in [0.05, 0.1) is 18.4 Å². The fourth-order valence-electron chi connectivity index (χ4n) is 2.30. The molecule has 0 atom stereocenters. The Bertz CT molecular complexity index is 995. The maximum atomic E-state index is 12.9. The number of para-hydroxylation sites is 1. The Hall–Kier alpha value is -2.98. The lowest BCUT2D eigenvalue weighted by Crippen LogP contribution is -2.24. The third kappa shape index (κ3) is 6.00. The highest BCUT2D eigenvalue weighted by Crippen LogP contribution is 2.26. The van der Waals surface area contributed by atoms with Gasteiger partial charge < -0.3 is 10.1 Å².